The van der Waals surface area contributed by atoms with Crippen molar-refractivity contribution in [3.05, 3.63) is 53.6 Å². The van der Waals surface area contributed by atoms with Gasteiger partial charge >= 0.3 is 0 Å². The second kappa shape index (κ2) is 6.81. The van der Waals surface area contributed by atoms with Gasteiger partial charge in [0.15, 0.2) is 11.3 Å². The van der Waals surface area contributed by atoms with E-state index in [4.69, 9.17) is 26.6 Å². The Kier molecular flexibility index (Phi) is 4.36. The molecule has 2 aromatic carbocycles. The van der Waals surface area contributed by atoms with Crippen LogP contribution in [0.3, 0.4) is 0 Å². The average molecular weight is 351 g/mol. The van der Waals surface area contributed by atoms with E-state index in [-0.39, 0.29) is 0 Å². The van der Waals surface area contributed by atoms with Crippen LogP contribution in [-0.4, -0.2) is 19.5 Å². The number of aryl methyl sites for hydroxylation is 1. The van der Waals surface area contributed by atoms with Gasteiger partial charge in [-0.1, -0.05) is 55.6 Å². The summed E-state index contributed by atoms with van der Waals surface area (Å²) < 4.78 is 2.18. The molecular formula is C20H19ClN4. The van der Waals surface area contributed by atoms with Gasteiger partial charge in [-0.15, -0.1) is 0 Å². The zero-order chi connectivity index (χ0) is 17.2. The molecule has 0 saturated carbocycles. The van der Waals surface area contributed by atoms with Gasteiger partial charge in [-0.05, 0) is 30.7 Å². The standard InChI is InChI=1S/C20H19ClN4/c1-2-3-6-12-25-19(14-8-7-9-15(21)13-14)24-18-20(25)23-17-11-5-4-10-16(17)22-18/h4-5,7-11,13H,2-3,6,12H2,1H3. The van der Waals surface area contributed by atoms with E-state index >= 15 is 0 Å². The van der Waals surface area contributed by atoms with Crippen LogP contribution < -0.4 is 0 Å². The number of rotatable bonds is 5. The molecule has 2 heterocycles. The van der Waals surface area contributed by atoms with E-state index < -0.39 is 0 Å². The van der Waals surface area contributed by atoms with E-state index in [0.717, 1.165) is 41.0 Å². The number of aromatic nitrogens is 4. The van der Waals surface area contributed by atoms with E-state index in [1.165, 1.54) is 12.8 Å². The molecule has 126 valence electrons. The van der Waals surface area contributed by atoms with Crippen molar-refractivity contribution in [1.29, 1.82) is 0 Å². The Balaban J connectivity index is 1.93. The maximum absolute atomic E-state index is 6.19. The fraction of sp³-hybridized carbons (Fsp3) is 0.250. The topological polar surface area (TPSA) is 43.6 Å². The van der Waals surface area contributed by atoms with Gasteiger partial charge in [0.1, 0.15) is 5.82 Å². The quantitative estimate of drug-likeness (QED) is 0.447. The molecule has 25 heavy (non-hydrogen) atoms. The minimum Gasteiger partial charge on any atom is -0.307 e. The number of benzene rings is 2. The largest absolute Gasteiger partial charge is 0.307 e. The highest BCUT2D eigenvalue weighted by Crippen LogP contribution is 2.27. The maximum Gasteiger partial charge on any atom is 0.198 e. The molecule has 0 spiro atoms. The van der Waals surface area contributed by atoms with Crippen molar-refractivity contribution in [3.8, 4) is 11.4 Å². The molecular weight excluding hydrogens is 332 g/mol. The van der Waals surface area contributed by atoms with Gasteiger partial charge in [-0.2, -0.15) is 0 Å². The van der Waals surface area contributed by atoms with Crippen molar-refractivity contribution in [2.75, 3.05) is 0 Å². The van der Waals surface area contributed by atoms with Crippen LogP contribution in [0, 0.1) is 0 Å². The van der Waals surface area contributed by atoms with Crippen molar-refractivity contribution in [3.63, 3.8) is 0 Å². The molecule has 0 aliphatic heterocycles. The van der Waals surface area contributed by atoms with Crippen LogP contribution in [-0.2, 0) is 6.54 Å². The van der Waals surface area contributed by atoms with Gasteiger partial charge in [-0.25, -0.2) is 15.0 Å². The molecule has 0 bridgehead atoms. The Hall–Kier alpha value is -2.46. The monoisotopic (exact) mass is 350 g/mol. The third-order valence-corrected chi connectivity index (χ3v) is 4.56. The maximum atomic E-state index is 6.19. The molecule has 0 aliphatic rings. The van der Waals surface area contributed by atoms with Crippen molar-refractivity contribution in [1.82, 2.24) is 19.5 Å². The molecule has 0 fully saturated rings. The summed E-state index contributed by atoms with van der Waals surface area (Å²) in [4.78, 5) is 14.3. The van der Waals surface area contributed by atoms with E-state index in [0.29, 0.717) is 10.7 Å². The summed E-state index contributed by atoms with van der Waals surface area (Å²) >= 11 is 6.19. The van der Waals surface area contributed by atoms with Gasteiger partial charge in [0.2, 0.25) is 0 Å². The second-order valence-electron chi connectivity index (χ2n) is 6.16. The Morgan fingerprint density at radius 1 is 0.920 bits per heavy atom. The third-order valence-electron chi connectivity index (χ3n) is 4.33. The first-order valence-corrected chi connectivity index (χ1v) is 9.03. The Morgan fingerprint density at radius 2 is 1.72 bits per heavy atom. The van der Waals surface area contributed by atoms with Crippen LogP contribution in [0.5, 0.6) is 0 Å². The smallest absolute Gasteiger partial charge is 0.198 e. The number of fused-ring (bicyclic) bond motifs is 2. The lowest BCUT2D eigenvalue weighted by Gasteiger charge is -2.08. The minimum absolute atomic E-state index is 0.685. The van der Waals surface area contributed by atoms with Crippen LogP contribution in [0.15, 0.2) is 48.5 Å². The summed E-state index contributed by atoms with van der Waals surface area (Å²) in [5, 5.41) is 0.704. The molecule has 4 nitrogen and oxygen atoms in total. The lowest BCUT2D eigenvalue weighted by Crippen LogP contribution is -2.02. The molecule has 4 aromatic rings. The third kappa shape index (κ3) is 3.10. The molecule has 4 rings (SSSR count). The Bertz CT molecular complexity index is 1040. The first-order valence-electron chi connectivity index (χ1n) is 8.65. The predicted molar refractivity (Wildman–Crippen MR) is 103 cm³/mol. The molecule has 0 N–H and O–H groups in total. The van der Waals surface area contributed by atoms with Gasteiger partial charge in [-0.3, -0.25) is 0 Å². The van der Waals surface area contributed by atoms with Gasteiger partial charge in [0.05, 0.1) is 11.0 Å². The lowest BCUT2D eigenvalue weighted by molar-refractivity contribution is 0.615. The first kappa shape index (κ1) is 16.0. The average Bonchev–Trinajstić information content (AvgIpc) is 2.98. The van der Waals surface area contributed by atoms with Gasteiger partial charge < -0.3 is 4.57 Å². The van der Waals surface area contributed by atoms with E-state index in [1.54, 1.807) is 0 Å². The molecule has 0 aliphatic carbocycles. The highest BCUT2D eigenvalue weighted by atomic mass is 35.5. The van der Waals surface area contributed by atoms with Gasteiger partial charge in [0, 0.05) is 17.1 Å². The van der Waals surface area contributed by atoms with Crippen LogP contribution in [0.4, 0.5) is 0 Å². The summed E-state index contributed by atoms with van der Waals surface area (Å²) in [5.74, 6) is 0.879. The zero-order valence-electron chi connectivity index (χ0n) is 14.1. The second-order valence-corrected chi connectivity index (χ2v) is 6.60. The molecule has 2 aromatic heterocycles. The SMILES string of the molecule is CCCCCn1c(-c2cccc(Cl)c2)nc2nc3ccccc3nc21. The number of imidazole rings is 1. The van der Waals surface area contributed by atoms with E-state index in [2.05, 4.69) is 11.5 Å². The molecule has 0 atom stereocenters. The van der Waals surface area contributed by atoms with Crippen molar-refractivity contribution in [2.45, 2.75) is 32.7 Å². The number of hydrogen-bond donors (Lipinski definition) is 0. The Morgan fingerprint density at radius 3 is 2.48 bits per heavy atom. The molecule has 5 heteroatoms. The minimum atomic E-state index is 0.685. The van der Waals surface area contributed by atoms with Crippen molar-refractivity contribution in [2.24, 2.45) is 0 Å². The van der Waals surface area contributed by atoms with Crippen molar-refractivity contribution >= 4 is 33.9 Å². The number of halogens is 1. The van der Waals surface area contributed by atoms with Crippen LogP contribution in [0.1, 0.15) is 26.2 Å². The highest BCUT2D eigenvalue weighted by molar-refractivity contribution is 6.30. The number of hydrogen-bond acceptors (Lipinski definition) is 3. The lowest BCUT2D eigenvalue weighted by atomic mass is 10.2. The Labute approximate surface area is 151 Å². The van der Waals surface area contributed by atoms with Crippen LogP contribution in [0.2, 0.25) is 5.02 Å². The fourth-order valence-electron chi connectivity index (χ4n) is 3.08. The zero-order valence-corrected chi connectivity index (χ0v) is 14.9. The number of unbranched alkanes of at least 4 members (excludes halogenated alkanes) is 2. The highest BCUT2D eigenvalue weighted by Gasteiger charge is 2.16. The summed E-state index contributed by atoms with van der Waals surface area (Å²) in [6.45, 7) is 3.08. The molecule has 0 saturated heterocycles. The first-order chi connectivity index (χ1) is 12.3. The van der Waals surface area contributed by atoms with Crippen LogP contribution in [0.25, 0.3) is 33.7 Å². The summed E-state index contributed by atoms with van der Waals surface area (Å²) in [6.07, 6.45) is 3.44. The predicted octanol–water partition coefficient (Wildman–Crippen LogP) is 5.49. The fourth-order valence-corrected chi connectivity index (χ4v) is 3.27. The molecule has 0 unspecified atom stereocenters. The molecule has 0 radical (unpaired) electrons. The van der Waals surface area contributed by atoms with Gasteiger partial charge in [0.25, 0.3) is 0 Å². The van der Waals surface area contributed by atoms with Crippen LogP contribution >= 0.6 is 11.6 Å². The van der Waals surface area contributed by atoms with Crippen molar-refractivity contribution < 1.29 is 0 Å². The summed E-state index contributed by atoms with van der Waals surface area (Å²) in [6, 6.07) is 15.7. The van der Waals surface area contributed by atoms with E-state index in [1.807, 2.05) is 48.5 Å². The summed E-state index contributed by atoms with van der Waals surface area (Å²) in [5.41, 5.74) is 4.28. The van der Waals surface area contributed by atoms with E-state index in [9.17, 15) is 0 Å². The normalized spacial score (nSPS) is 11.4. The summed E-state index contributed by atoms with van der Waals surface area (Å²) in [7, 11) is 0. The molecule has 0 amide bonds. The number of para-hydroxylation sites is 2. The number of nitrogens with zero attached hydrogens (tertiary/aromatic N) is 4.